The van der Waals surface area contributed by atoms with Crippen molar-refractivity contribution < 1.29 is 9.59 Å². The van der Waals surface area contributed by atoms with Gasteiger partial charge in [0.1, 0.15) is 5.01 Å². The van der Waals surface area contributed by atoms with E-state index in [2.05, 4.69) is 20.8 Å². The zero-order chi connectivity index (χ0) is 17.7. The molecule has 0 saturated carbocycles. The first kappa shape index (κ1) is 18.4. The maximum absolute atomic E-state index is 11.9. The molecule has 0 radical (unpaired) electrons. The number of para-hydroxylation sites is 1. The number of anilines is 2. The van der Waals surface area contributed by atoms with Crippen LogP contribution in [0.4, 0.5) is 10.8 Å². The predicted molar refractivity (Wildman–Crippen MR) is 96.6 cm³/mol. The summed E-state index contributed by atoms with van der Waals surface area (Å²) >= 11 is 7.30. The smallest absolute Gasteiger partial charge is 0.226 e. The lowest BCUT2D eigenvalue weighted by molar-refractivity contribution is -0.121. The molecule has 1 aromatic heterocycles. The molecule has 2 amide bonds. The van der Waals surface area contributed by atoms with Gasteiger partial charge in [0, 0.05) is 18.3 Å². The van der Waals surface area contributed by atoms with Crippen LogP contribution in [-0.2, 0) is 15.0 Å². The van der Waals surface area contributed by atoms with Gasteiger partial charge in [-0.15, -0.1) is 10.2 Å². The summed E-state index contributed by atoms with van der Waals surface area (Å²) in [5.74, 6) is -0.549. The number of amides is 2. The molecule has 128 valence electrons. The average Bonchev–Trinajstić information content (AvgIpc) is 2.96. The zero-order valence-corrected chi connectivity index (χ0v) is 15.3. The number of halogens is 1. The molecule has 2 aromatic rings. The van der Waals surface area contributed by atoms with Crippen LogP contribution < -0.4 is 10.6 Å². The maximum Gasteiger partial charge on any atom is 0.226 e. The minimum Gasteiger partial charge on any atom is -0.325 e. The second-order valence-corrected chi connectivity index (χ2v) is 7.62. The van der Waals surface area contributed by atoms with Gasteiger partial charge in [0.05, 0.1) is 10.7 Å². The van der Waals surface area contributed by atoms with Crippen molar-refractivity contribution in [2.24, 2.45) is 0 Å². The number of rotatable bonds is 5. The van der Waals surface area contributed by atoms with Crippen molar-refractivity contribution in [1.82, 2.24) is 10.2 Å². The van der Waals surface area contributed by atoms with Crippen molar-refractivity contribution in [1.29, 1.82) is 0 Å². The number of aromatic nitrogens is 2. The van der Waals surface area contributed by atoms with Crippen molar-refractivity contribution >= 4 is 45.6 Å². The summed E-state index contributed by atoms with van der Waals surface area (Å²) in [5.41, 5.74) is 0.415. The lowest BCUT2D eigenvalue weighted by Gasteiger charge is -2.12. The Kier molecular flexibility index (Phi) is 5.90. The van der Waals surface area contributed by atoms with Gasteiger partial charge in [0.2, 0.25) is 16.9 Å². The van der Waals surface area contributed by atoms with E-state index in [0.717, 1.165) is 5.01 Å². The van der Waals surface area contributed by atoms with Crippen molar-refractivity contribution in [2.45, 2.75) is 39.0 Å². The SMILES string of the molecule is CC(C)(C)c1nnc(NC(=O)CCC(=O)Nc2ccccc2Cl)s1. The third-order valence-electron chi connectivity index (χ3n) is 3.04. The third-order valence-corrected chi connectivity index (χ3v) is 4.63. The fourth-order valence-corrected chi connectivity index (χ4v) is 2.76. The van der Waals surface area contributed by atoms with Crippen LogP contribution in [0.1, 0.15) is 38.6 Å². The van der Waals surface area contributed by atoms with E-state index < -0.39 is 0 Å². The van der Waals surface area contributed by atoms with Gasteiger partial charge in [0.15, 0.2) is 0 Å². The zero-order valence-electron chi connectivity index (χ0n) is 13.7. The molecule has 0 aliphatic rings. The minimum absolute atomic E-state index is 0.0563. The summed E-state index contributed by atoms with van der Waals surface area (Å²) in [7, 11) is 0. The molecule has 2 N–H and O–H groups in total. The highest BCUT2D eigenvalue weighted by Gasteiger charge is 2.20. The molecule has 6 nitrogen and oxygen atoms in total. The van der Waals surface area contributed by atoms with Gasteiger partial charge in [-0.3, -0.25) is 9.59 Å². The Bertz CT molecular complexity index is 740. The van der Waals surface area contributed by atoms with E-state index in [1.54, 1.807) is 24.3 Å². The van der Waals surface area contributed by atoms with E-state index in [9.17, 15) is 9.59 Å². The van der Waals surface area contributed by atoms with Crippen LogP contribution in [0.15, 0.2) is 24.3 Å². The number of benzene rings is 1. The molecule has 0 bridgehead atoms. The van der Waals surface area contributed by atoms with Gasteiger partial charge in [0.25, 0.3) is 0 Å². The summed E-state index contributed by atoms with van der Waals surface area (Å²) in [6.45, 7) is 6.08. The monoisotopic (exact) mass is 366 g/mol. The Morgan fingerprint density at radius 3 is 2.29 bits per heavy atom. The van der Waals surface area contributed by atoms with Crippen LogP contribution in [-0.4, -0.2) is 22.0 Å². The van der Waals surface area contributed by atoms with Crippen LogP contribution >= 0.6 is 22.9 Å². The Hall–Kier alpha value is -1.99. The molecule has 1 heterocycles. The highest BCUT2D eigenvalue weighted by Crippen LogP contribution is 2.27. The number of hydrogen-bond acceptors (Lipinski definition) is 5. The quantitative estimate of drug-likeness (QED) is 0.841. The minimum atomic E-state index is -0.277. The summed E-state index contributed by atoms with van der Waals surface area (Å²) in [4.78, 5) is 23.8. The summed E-state index contributed by atoms with van der Waals surface area (Å²) in [5, 5.41) is 15.1. The van der Waals surface area contributed by atoms with Crippen LogP contribution in [0.2, 0.25) is 5.02 Å². The van der Waals surface area contributed by atoms with Crippen molar-refractivity contribution in [3.05, 3.63) is 34.3 Å². The van der Waals surface area contributed by atoms with Gasteiger partial charge in [-0.2, -0.15) is 0 Å². The predicted octanol–water partition coefficient (Wildman–Crippen LogP) is 3.85. The summed E-state index contributed by atoms with van der Waals surface area (Å²) in [6, 6.07) is 6.94. The fraction of sp³-hybridized carbons (Fsp3) is 0.375. The number of nitrogens with zero attached hydrogens (tertiary/aromatic N) is 2. The van der Waals surface area contributed by atoms with E-state index in [1.807, 2.05) is 20.8 Å². The van der Waals surface area contributed by atoms with Gasteiger partial charge in [-0.1, -0.05) is 55.8 Å². The first-order valence-electron chi connectivity index (χ1n) is 7.44. The summed E-state index contributed by atoms with van der Waals surface area (Å²) < 4.78 is 0. The normalized spacial score (nSPS) is 11.2. The molecule has 2 rings (SSSR count). The first-order chi connectivity index (χ1) is 11.3. The Labute approximate surface area is 149 Å². The molecule has 0 aliphatic carbocycles. The molecule has 0 aliphatic heterocycles. The number of nitrogens with one attached hydrogen (secondary N) is 2. The number of hydrogen-bond donors (Lipinski definition) is 2. The molecular weight excluding hydrogens is 348 g/mol. The van der Waals surface area contributed by atoms with Gasteiger partial charge >= 0.3 is 0 Å². The molecule has 0 atom stereocenters. The number of carbonyl (C=O) groups is 2. The van der Waals surface area contributed by atoms with Gasteiger partial charge < -0.3 is 10.6 Å². The van der Waals surface area contributed by atoms with E-state index in [4.69, 9.17) is 11.6 Å². The Morgan fingerprint density at radius 2 is 1.71 bits per heavy atom. The molecule has 0 fully saturated rings. The second kappa shape index (κ2) is 7.72. The lowest BCUT2D eigenvalue weighted by Crippen LogP contribution is -2.17. The first-order valence-corrected chi connectivity index (χ1v) is 8.63. The molecule has 8 heteroatoms. The highest BCUT2D eigenvalue weighted by molar-refractivity contribution is 7.15. The molecule has 0 saturated heterocycles. The van der Waals surface area contributed by atoms with E-state index in [1.165, 1.54) is 11.3 Å². The molecular formula is C16H19ClN4O2S. The molecule has 0 spiro atoms. The molecule has 24 heavy (non-hydrogen) atoms. The molecule has 0 unspecified atom stereocenters. The second-order valence-electron chi connectivity index (χ2n) is 6.24. The van der Waals surface area contributed by atoms with Crippen LogP contribution in [0.25, 0.3) is 0 Å². The Morgan fingerprint density at radius 1 is 1.08 bits per heavy atom. The maximum atomic E-state index is 11.9. The fourth-order valence-electron chi connectivity index (χ4n) is 1.76. The van der Waals surface area contributed by atoms with Crippen LogP contribution in [0.3, 0.4) is 0 Å². The molecule has 1 aromatic carbocycles. The third kappa shape index (κ3) is 5.28. The van der Waals surface area contributed by atoms with E-state index >= 15 is 0 Å². The van der Waals surface area contributed by atoms with Crippen LogP contribution in [0, 0.1) is 0 Å². The largest absolute Gasteiger partial charge is 0.325 e. The number of carbonyl (C=O) groups excluding carboxylic acids is 2. The van der Waals surface area contributed by atoms with Crippen LogP contribution in [0.5, 0.6) is 0 Å². The lowest BCUT2D eigenvalue weighted by atomic mass is 9.98. The van der Waals surface area contributed by atoms with Crippen molar-refractivity contribution in [3.63, 3.8) is 0 Å². The van der Waals surface area contributed by atoms with Gasteiger partial charge in [-0.05, 0) is 12.1 Å². The Balaban J connectivity index is 1.82. The summed E-state index contributed by atoms with van der Waals surface area (Å²) in [6.07, 6.45) is 0.114. The van der Waals surface area contributed by atoms with E-state index in [-0.39, 0.29) is 30.1 Å². The van der Waals surface area contributed by atoms with Crippen molar-refractivity contribution in [3.8, 4) is 0 Å². The van der Waals surface area contributed by atoms with Crippen molar-refractivity contribution in [2.75, 3.05) is 10.6 Å². The standard InChI is InChI=1S/C16H19ClN4O2S/c1-16(2,3)14-20-21-15(24-14)19-13(23)9-8-12(22)18-11-7-5-4-6-10(11)17/h4-7H,8-9H2,1-3H3,(H,18,22)(H,19,21,23). The van der Waals surface area contributed by atoms with Gasteiger partial charge in [-0.25, -0.2) is 0 Å². The highest BCUT2D eigenvalue weighted by atomic mass is 35.5. The average molecular weight is 367 g/mol. The van der Waals surface area contributed by atoms with E-state index in [0.29, 0.717) is 15.8 Å². The topological polar surface area (TPSA) is 84.0 Å².